The summed E-state index contributed by atoms with van der Waals surface area (Å²) >= 11 is 0. The maximum Gasteiger partial charge on any atom is 0.335 e. The summed E-state index contributed by atoms with van der Waals surface area (Å²) in [6.07, 6.45) is -2.98. The first kappa shape index (κ1) is 16.6. The fraction of sp³-hybridized carbons (Fsp3) is 0.462. The van der Waals surface area contributed by atoms with Gasteiger partial charge in [0.25, 0.3) is 6.43 Å². The van der Waals surface area contributed by atoms with E-state index in [1.165, 1.54) is 6.92 Å². The second-order valence-electron chi connectivity index (χ2n) is 4.94. The number of hydrogen-bond donors (Lipinski definition) is 1. The Bertz CT molecular complexity index is 622. The van der Waals surface area contributed by atoms with Crippen molar-refractivity contribution in [2.24, 2.45) is 5.92 Å². The summed E-state index contributed by atoms with van der Waals surface area (Å²) in [5.41, 5.74) is -1.07. The summed E-state index contributed by atoms with van der Waals surface area (Å²) in [5.74, 6) is -1.90. The first-order valence-electron chi connectivity index (χ1n) is 5.95. The minimum atomic E-state index is -3.97. The molecule has 20 heavy (non-hydrogen) atoms. The molecule has 0 amide bonds. The molecule has 112 valence electrons. The lowest BCUT2D eigenvalue weighted by molar-refractivity contribution is 0.0695. The zero-order chi connectivity index (χ0) is 15.7. The zero-order valence-electron chi connectivity index (χ0n) is 11.4. The molecule has 0 radical (unpaired) electrons. The molecule has 0 aliphatic heterocycles. The largest absolute Gasteiger partial charge is 0.478 e. The average Bonchev–Trinajstić information content (AvgIpc) is 2.25. The highest BCUT2D eigenvalue weighted by Crippen LogP contribution is 2.32. The van der Waals surface area contributed by atoms with Crippen LogP contribution in [-0.4, -0.2) is 25.2 Å². The summed E-state index contributed by atoms with van der Waals surface area (Å²) in [7, 11) is -3.97. The van der Waals surface area contributed by atoms with Crippen molar-refractivity contribution < 1.29 is 27.1 Å². The van der Waals surface area contributed by atoms with E-state index < -0.39 is 32.7 Å². The number of hydrogen-bond acceptors (Lipinski definition) is 3. The second-order valence-corrected chi connectivity index (χ2v) is 6.91. The Hall–Kier alpha value is -1.50. The van der Waals surface area contributed by atoms with Gasteiger partial charge in [0, 0.05) is 5.56 Å². The van der Waals surface area contributed by atoms with Crippen LogP contribution in [0, 0.1) is 12.8 Å². The van der Waals surface area contributed by atoms with Gasteiger partial charge in [0.2, 0.25) is 0 Å². The van der Waals surface area contributed by atoms with Crippen LogP contribution in [0.25, 0.3) is 0 Å². The fourth-order valence-corrected chi connectivity index (χ4v) is 4.19. The van der Waals surface area contributed by atoms with Crippen molar-refractivity contribution >= 4 is 15.8 Å². The molecule has 0 fully saturated rings. The number of benzene rings is 1. The number of alkyl halides is 2. The molecule has 7 heteroatoms. The van der Waals surface area contributed by atoms with Crippen LogP contribution in [0.15, 0.2) is 17.0 Å². The van der Waals surface area contributed by atoms with Gasteiger partial charge in [-0.25, -0.2) is 22.0 Å². The summed E-state index contributed by atoms with van der Waals surface area (Å²) in [5, 5.41) is 8.98. The van der Waals surface area contributed by atoms with E-state index >= 15 is 0 Å². The molecule has 0 bridgehead atoms. The van der Waals surface area contributed by atoms with E-state index in [1.807, 2.05) is 0 Å². The van der Waals surface area contributed by atoms with Crippen molar-refractivity contribution in [2.75, 3.05) is 5.75 Å². The lowest BCUT2D eigenvalue weighted by atomic mass is 10.1. The Balaban J connectivity index is 3.64. The molecule has 0 spiro atoms. The van der Waals surface area contributed by atoms with Crippen molar-refractivity contribution in [3.8, 4) is 0 Å². The SMILES string of the molecule is Cc1c(C(=O)O)ccc(C(F)F)c1S(=O)(=O)CC(C)C. The van der Waals surface area contributed by atoms with Crippen LogP contribution in [0.5, 0.6) is 0 Å². The van der Waals surface area contributed by atoms with Gasteiger partial charge in [0.1, 0.15) is 0 Å². The van der Waals surface area contributed by atoms with Gasteiger partial charge >= 0.3 is 5.97 Å². The molecular weight excluding hydrogens is 290 g/mol. The van der Waals surface area contributed by atoms with Crippen molar-refractivity contribution in [2.45, 2.75) is 32.1 Å². The highest BCUT2D eigenvalue weighted by atomic mass is 32.2. The molecular formula is C13H16F2O4S. The van der Waals surface area contributed by atoms with Gasteiger partial charge < -0.3 is 5.11 Å². The molecule has 0 aromatic heterocycles. The molecule has 1 aromatic rings. The molecule has 0 aliphatic carbocycles. The van der Waals surface area contributed by atoms with Crippen molar-refractivity contribution in [1.29, 1.82) is 0 Å². The van der Waals surface area contributed by atoms with Gasteiger partial charge in [-0.2, -0.15) is 0 Å². The number of carbonyl (C=O) groups is 1. The summed E-state index contributed by atoms with van der Waals surface area (Å²) in [6, 6.07) is 1.88. The maximum absolute atomic E-state index is 13.0. The smallest absolute Gasteiger partial charge is 0.335 e. The third-order valence-electron chi connectivity index (χ3n) is 2.77. The predicted molar refractivity (Wildman–Crippen MR) is 70.0 cm³/mol. The van der Waals surface area contributed by atoms with Gasteiger partial charge in [0.05, 0.1) is 16.2 Å². The normalized spacial score (nSPS) is 12.2. The number of rotatable bonds is 5. The number of halogens is 2. The second kappa shape index (κ2) is 5.87. The first-order valence-corrected chi connectivity index (χ1v) is 7.60. The van der Waals surface area contributed by atoms with Gasteiger partial charge in [-0.15, -0.1) is 0 Å². The van der Waals surface area contributed by atoms with Crippen molar-refractivity contribution in [3.63, 3.8) is 0 Å². The van der Waals surface area contributed by atoms with Crippen LogP contribution in [0.1, 0.15) is 41.8 Å². The zero-order valence-corrected chi connectivity index (χ0v) is 12.2. The van der Waals surface area contributed by atoms with E-state index in [1.54, 1.807) is 13.8 Å². The molecule has 0 heterocycles. The third-order valence-corrected chi connectivity index (χ3v) is 5.04. The van der Waals surface area contributed by atoms with Crippen LogP contribution in [-0.2, 0) is 9.84 Å². The van der Waals surface area contributed by atoms with Gasteiger partial charge in [-0.3, -0.25) is 0 Å². The molecule has 0 atom stereocenters. The predicted octanol–water partition coefficient (Wildman–Crippen LogP) is 3.06. The van der Waals surface area contributed by atoms with Gasteiger partial charge in [-0.05, 0) is 24.5 Å². The fourth-order valence-electron chi connectivity index (χ4n) is 2.05. The summed E-state index contributed by atoms with van der Waals surface area (Å²) in [6.45, 7) is 4.54. The first-order chi connectivity index (χ1) is 9.08. The van der Waals surface area contributed by atoms with Crippen molar-refractivity contribution in [1.82, 2.24) is 0 Å². The number of carboxylic acids is 1. The maximum atomic E-state index is 13.0. The minimum absolute atomic E-state index is 0.143. The van der Waals surface area contributed by atoms with Crippen LogP contribution in [0.3, 0.4) is 0 Å². The van der Waals surface area contributed by atoms with E-state index in [-0.39, 0.29) is 22.8 Å². The Kier molecular flexibility index (Phi) is 4.86. The lowest BCUT2D eigenvalue weighted by Gasteiger charge is -2.16. The van der Waals surface area contributed by atoms with E-state index in [0.717, 1.165) is 12.1 Å². The lowest BCUT2D eigenvalue weighted by Crippen LogP contribution is -2.17. The van der Waals surface area contributed by atoms with Crippen LogP contribution < -0.4 is 0 Å². The van der Waals surface area contributed by atoms with Crippen molar-refractivity contribution in [3.05, 3.63) is 28.8 Å². The Morgan fingerprint density at radius 3 is 2.25 bits per heavy atom. The van der Waals surface area contributed by atoms with E-state index in [9.17, 15) is 22.0 Å². The van der Waals surface area contributed by atoms with Gasteiger partial charge in [-0.1, -0.05) is 19.9 Å². The third kappa shape index (κ3) is 3.33. The number of sulfone groups is 1. The topological polar surface area (TPSA) is 71.4 Å². The van der Waals surface area contributed by atoms with Crippen LogP contribution in [0.2, 0.25) is 0 Å². The molecule has 1 aromatic carbocycles. The van der Waals surface area contributed by atoms with Gasteiger partial charge in [0.15, 0.2) is 9.84 Å². The number of aromatic carboxylic acids is 1. The Morgan fingerprint density at radius 2 is 1.85 bits per heavy atom. The Labute approximate surface area is 116 Å². The molecule has 1 N–H and O–H groups in total. The molecule has 0 saturated carbocycles. The summed E-state index contributed by atoms with van der Waals surface area (Å²) < 4.78 is 50.5. The highest BCUT2D eigenvalue weighted by molar-refractivity contribution is 7.91. The van der Waals surface area contributed by atoms with Crippen LogP contribution in [0.4, 0.5) is 8.78 Å². The standard InChI is InChI=1S/C13H16F2O4S/c1-7(2)6-20(18,19)11-8(3)9(13(16)17)4-5-10(11)12(14)15/h4-5,7,12H,6H2,1-3H3,(H,16,17). The molecule has 0 unspecified atom stereocenters. The molecule has 4 nitrogen and oxygen atoms in total. The van der Waals surface area contributed by atoms with E-state index in [0.29, 0.717) is 0 Å². The summed E-state index contributed by atoms with van der Waals surface area (Å²) in [4.78, 5) is 10.5. The number of carboxylic acid groups (broad SMARTS) is 1. The molecule has 0 saturated heterocycles. The Morgan fingerprint density at radius 1 is 1.30 bits per heavy atom. The highest BCUT2D eigenvalue weighted by Gasteiger charge is 2.28. The molecule has 1 rings (SSSR count). The van der Waals surface area contributed by atoms with E-state index in [2.05, 4.69) is 0 Å². The average molecular weight is 306 g/mol. The monoisotopic (exact) mass is 306 g/mol. The minimum Gasteiger partial charge on any atom is -0.478 e. The van der Waals surface area contributed by atoms with E-state index in [4.69, 9.17) is 5.11 Å². The van der Waals surface area contributed by atoms with Crippen LogP contribution >= 0.6 is 0 Å². The quantitative estimate of drug-likeness (QED) is 0.907. The molecule has 0 aliphatic rings.